The molecule has 1 aromatic heterocycles. The minimum absolute atomic E-state index is 0.0786. The minimum Gasteiger partial charge on any atom is -0.279 e. The highest BCUT2D eigenvalue weighted by atomic mass is 35.5. The van der Waals surface area contributed by atoms with Crippen molar-refractivity contribution in [3.8, 4) is 17.3 Å². The summed E-state index contributed by atoms with van der Waals surface area (Å²) in [6.45, 7) is 1.85. The van der Waals surface area contributed by atoms with Crippen LogP contribution < -0.4 is 11.0 Å². The number of nitriles is 1. The third-order valence-electron chi connectivity index (χ3n) is 5.29. The smallest absolute Gasteiger partial charge is 0.273 e. The Bertz CT molecular complexity index is 1300. The first-order valence-corrected chi connectivity index (χ1v) is 12.5. The molecule has 0 aliphatic carbocycles. The molecule has 0 saturated carbocycles. The summed E-state index contributed by atoms with van der Waals surface area (Å²) in [7, 11) is 1.52. The van der Waals surface area contributed by atoms with Gasteiger partial charge in [-0.25, -0.2) is 9.99 Å². The summed E-state index contributed by atoms with van der Waals surface area (Å²) in [4.78, 5) is 31.6. The van der Waals surface area contributed by atoms with Gasteiger partial charge in [0.25, 0.3) is 11.5 Å². The van der Waals surface area contributed by atoms with Crippen LogP contribution in [0.25, 0.3) is 11.3 Å². The maximum absolute atomic E-state index is 13.0. The predicted octanol–water partition coefficient (Wildman–Crippen LogP) is 4.68. The number of thioether (sulfide) groups is 2. The second-order valence-electron chi connectivity index (χ2n) is 7.37. The fourth-order valence-electron chi connectivity index (χ4n) is 3.46. The SMILES string of the molecule is CSc1ccc(C2SC(C)C(=O)N2Nc2nc(-c3ccc(Cl)cc3)c(C#N)c(=O)n2C)cc1. The van der Waals surface area contributed by atoms with Crippen molar-refractivity contribution in [2.45, 2.75) is 22.4 Å². The summed E-state index contributed by atoms with van der Waals surface area (Å²) >= 11 is 9.14. The molecular weight excluding hydrogens is 478 g/mol. The second kappa shape index (κ2) is 9.51. The van der Waals surface area contributed by atoms with Crippen molar-refractivity contribution in [1.29, 1.82) is 5.26 Å². The van der Waals surface area contributed by atoms with Gasteiger partial charge in [0.1, 0.15) is 17.0 Å². The number of hydrazine groups is 1. The van der Waals surface area contributed by atoms with Gasteiger partial charge in [-0.2, -0.15) is 5.26 Å². The predicted molar refractivity (Wildman–Crippen MR) is 133 cm³/mol. The van der Waals surface area contributed by atoms with Crippen molar-refractivity contribution in [1.82, 2.24) is 14.6 Å². The molecule has 1 aliphatic rings. The molecule has 2 heterocycles. The van der Waals surface area contributed by atoms with E-state index in [4.69, 9.17) is 11.6 Å². The summed E-state index contributed by atoms with van der Waals surface area (Å²) in [5, 5.41) is 11.1. The highest BCUT2D eigenvalue weighted by molar-refractivity contribution is 8.01. The van der Waals surface area contributed by atoms with Crippen molar-refractivity contribution in [3.05, 3.63) is 75.0 Å². The van der Waals surface area contributed by atoms with Crippen molar-refractivity contribution < 1.29 is 4.79 Å². The molecule has 1 saturated heterocycles. The third-order valence-corrected chi connectivity index (χ3v) is 7.64. The third kappa shape index (κ3) is 4.47. The Morgan fingerprint density at radius 1 is 1.15 bits per heavy atom. The van der Waals surface area contributed by atoms with Crippen LogP contribution in [-0.2, 0) is 11.8 Å². The van der Waals surface area contributed by atoms with Crippen LogP contribution in [0.15, 0.2) is 58.2 Å². The fourth-order valence-corrected chi connectivity index (χ4v) is 5.20. The molecule has 0 bridgehead atoms. The molecule has 1 amide bonds. The summed E-state index contributed by atoms with van der Waals surface area (Å²) in [5.41, 5.74) is 4.24. The van der Waals surface area contributed by atoms with E-state index in [1.165, 1.54) is 28.4 Å². The summed E-state index contributed by atoms with van der Waals surface area (Å²) in [6, 6.07) is 16.7. The van der Waals surface area contributed by atoms with Crippen LogP contribution in [0.3, 0.4) is 0 Å². The van der Waals surface area contributed by atoms with E-state index >= 15 is 0 Å². The molecule has 2 aromatic carbocycles. The van der Waals surface area contributed by atoms with Gasteiger partial charge in [0.05, 0.1) is 10.9 Å². The lowest BCUT2D eigenvalue weighted by Gasteiger charge is -2.26. The maximum Gasteiger partial charge on any atom is 0.273 e. The van der Waals surface area contributed by atoms with Crippen molar-refractivity contribution in [2.24, 2.45) is 7.05 Å². The van der Waals surface area contributed by atoms with E-state index in [0.29, 0.717) is 10.6 Å². The molecule has 33 heavy (non-hydrogen) atoms. The molecule has 168 valence electrons. The van der Waals surface area contributed by atoms with Crippen LogP contribution in [-0.4, -0.2) is 32.0 Å². The van der Waals surface area contributed by atoms with Crippen LogP contribution in [0.1, 0.15) is 23.4 Å². The monoisotopic (exact) mass is 497 g/mol. The summed E-state index contributed by atoms with van der Waals surface area (Å²) in [5.74, 6) is 0.0447. The fraction of sp³-hybridized carbons (Fsp3) is 0.217. The van der Waals surface area contributed by atoms with Crippen LogP contribution in [0.4, 0.5) is 5.95 Å². The zero-order chi connectivity index (χ0) is 23.7. The number of benzene rings is 2. The van der Waals surface area contributed by atoms with Gasteiger partial charge in [0.15, 0.2) is 0 Å². The van der Waals surface area contributed by atoms with E-state index < -0.39 is 5.56 Å². The van der Waals surface area contributed by atoms with Gasteiger partial charge in [-0.15, -0.1) is 23.5 Å². The number of rotatable bonds is 5. The lowest BCUT2D eigenvalue weighted by molar-refractivity contribution is -0.128. The van der Waals surface area contributed by atoms with E-state index in [-0.39, 0.29) is 33.7 Å². The number of nitrogens with one attached hydrogen (secondary N) is 1. The topological polar surface area (TPSA) is 91.0 Å². The van der Waals surface area contributed by atoms with Crippen LogP contribution in [0.2, 0.25) is 5.02 Å². The molecule has 1 aliphatic heterocycles. The number of hydrogen-bond acceptors (Lipinski definition) is 7. The molecule has 10 heteroatoms. The molecular formula is C23H20ClN5O2S2. The standard InChI is InChI=1S/C23H20ClN5O2S2/c1-13-20(30)29(22(33-13)15-6-10-17(32-3)11-7-15)27-23-26-19(14-4-8-16(24)9-5-14)18(12-25)21(31)28(23)2/h4-11,13,22H,1-3H3,(H,26,27). The Morgan fingerprint density at radius 2 is 1.82 bits per heavy atom. The van der Waals surface area contributed by atoms with E-state index in [1.807, 2.05) is 43.5 Å². The quantitative estimate of drug-likeness (QED) is 0.511. The van der Waals surface area contributed by atoms with Crippen LogP contribution in [0.5, 0.6) is 0 Å². The van der Waals surface area contributed by atoms with Gasteiger partial charge in [-0.05, 0) is 43.0 Å². The molecule has 4 rings (SSSR count). The van der Waals surface area contributed by atoms with Gasteiger partial charge >= 0.3 is 0 Å². The maximum atomic E-state index is 13.0. The van der Waals surface area contributed by atoms with E-state index in [2.05, 4.69) is 10.4 Å². The number of carbonyl (C=O) groups is 1. The van der Waals surface area contributed by atoms with E-state index in [0.717, 1.165) is 10.5 Å². The first-order chi connectivity index (χ1) is 15.8. The first-order valence-electron chi connectivity index (χ1n) is 10.00. The molecule has 0 radical (unpaired) electrons. The van der Waals surface area contributed by atoms with E-state index in [9.17, 15) is 14.9 Å². The number of nitrogens with zero attached hydrogens (tertiary/aromatic N) is 4. The highest BCUT2D eigenvalue weighted by Crippen LogP contribution is 2.43. The summed E-state index contributed by atoms with van der Waals surface area (Å²) in [6.07, 6.45) is 2.01. The number of amides is 1. The minimum atomic E-state index is -0.506. The van der Waals surface area contributed by atoms with Gasteiger partial charge in [-0.1, -0.05) is 35.9 Å². The second-order valence-corrected chi connectivity index (χ2v) is 10.1. The number of hydrogen-bond donors (Lipinski definition) is 1. The number of aromatic nitrogens is 2. The molecule has 2 unspecified atom stereocenters. The lowest BCUT2D eigenvalue weighted by Crippen LogP contribution is -2.38. The Balaban J connectivity index is 1.76. The first kappa shape index (κ1) is 23.2. The highest BCUT2D eigenvalue weighted by Gasteiger charge is 2.39. The van der Waals surface area contributed by atoms with Crippen molar-refractivity contribution in [2.75, 3.05) is 11.7 Å². The Kier molecular flexibility index (Phi) is 6.70. The van der Waals surface area contributed by atoms with Gasteiger partial charge in [0.2, 0.25) is 5.95 Å². The average Bonchev–Trinajstić information content (AvgIpc) is 3.11. The molecule has 2 atom stereocenters. The van der Waals surface area contributed by atoms with Crippen molar-refractivity contribution in [3.63, 3.8) is 0 Å². The molecule has 1 N–H and O–H groups in total. The van der Waals surface area contributed by atoms with Gasteiger partial charge in [0, 0.05) is 22.5 Å². The zero-order valence-electron chi connectivity index (χ0n) is 18.1. The largest absolute Gasteiger partial charge is 0.279 e. The number of carbonyl (C=O) groups excluding carboxylic acids is 1. The normalized spacial score (nSPS) is 17.8. The van der Waals surface area contributed by atoms with Crippen molar-refractivity contribution >= 4 is 47.0 Å². The van der Waals surface area contributed by atoms with Crippen LogP contribution in [0, 0.1) is 11.3 Å². The number of anilines is 1. The van der Waals surface area contributed by atoms with Gasteiger partial charge in [-0.3, -0.25) is 19.6 Å². The van der Waals surface area contributed by atoms with E-state index in [1.54, 1.807) is 36.0 Å². The summed E-state index contributed by atoms with van der Waals surface area (Å²) < 4.78 is 1.24. The Labute approximate surface area is 204 Å². The molecule has 1 fully saturated rings. The van der Waals surface area contributed by atoms with Crippen LogP contribution >= 0.6 is 35.1 Å². The Hall–Kier alpha value is -2.93. The molecule has 0 spiro atoms. The Morgan fingerprint density at radius 3 is 2.42 bits per heavy atom. The average molecular weight is 498 g/mol. The van der Waals surface area contributed by atoms with Gasteiger partial charge < -0.3 is 0 Å². The molecule has 3 aromatic rings. The number of halogens is 1. The zero-order valence-corrected chi connectivity index (χ0v) is 20.5. The lowest BCUT2D eigenvalue weighted by atomic mass is 10.1. The molecule has 7 nitrogen and oxygen atoms in total.